The van der Waals surface area contributed by atoms with Crippen molar-refractivity contribution in [3.8, 4) is 0 Å². The highest BCUT2D eigenvalue weighted by Gasteiger charge is 2.33. The molecular weight excluding hydrogens is 286 g/mol. The van der Waals surface area contributed by atoms with Gasteiger partial charge in [-0.2, -0.15) is 0 Å². The van der Waals surface area contributed by atoms with Crippen molar-refractivity contribution in [2.24, 2.45) is 0 Å². The third-order valence-corrected chi connectivity index (χ3v) is 3.38. The van der Waals surface area contributed by atoms with E-state index in [1.54, 1.807) is 6.92 Å². The summed E-state index contributed by atoms with van der Waals surface area (Å²) in [5, 5.41) is 13.8. The van der Waals surface area contributed by atoms with Crippen molar-refractivity contribution in [1.29, 1.82) is 0 Å². The number of carbonyl (C=O) groups is 2. The largest absolute Gasteiger partial charge is 0.353 e. The molecule has 0 aliphatic carbocycles. The number of halogens is 1. The zero-order chi connectivity index (χ0) is 14.9. The predicted octanol–water partition coefficient (Wildman–Crippen LogP) is 1.21. The van der Waals surface area contributed by atoms with Crippen molar-refractivity contribution < 1.29 is 14.5 Å². The highest BCUT2D eigenvalue weighted by Crippen LogP contribution is 2.25. The number of nitrogens with one attached hydrogen (secondary N) is 1. The third-order valence-electron chi connectivity index (χ3n) is 3.15. The van der Waals surface area contributed by atoms with Crippen LogP contribution in [-0.4, -0.2) is 40.8 Å². The smallest absolute Gasteiger partial charge is 0.282 e. The lowest BCUT2D eigenvalue weighted by Gasteiger charge is -2.32. The van der Waals surface area contributed by atoms with Gasteiger partial charge < -0.3 is 10.2 Å². The van der Waals surface area contributed by atoms with E-state index in [0.717, 1.165) is 0 Å². The molecule has 0 aromatic heterocycles. The summed E-state index contributed by atoms with van der Waals surface area (Å²) in [6, 6.07) is 3.11. The summed E-state index contributed by atoms with van der Waals surface area (Å²) in [6.45, 7) is 2.20. The molecule has 1 aliphatic rings. The van der Waals surface area contributed by atoms with Crippen LogP contribution in [0.25, 0.3) is 0 Å². The van der Waals surface area contributed by atoms with Gasteiger partial charge in [0.2, 0.25) is 5.91 Å². The maximum absolute atomic E-state index is 12.4. The van der Waals surface area contributed by atoms with Gasteiger partial charge in [-0.1, -0.05) is 11.6 Å². The van der Waals surface area contributed by atoms with Crippen LogP contribution in [0.5, 0.6) is 0 Å². The summed E-state index contributed by atoms with van der Waals surface area (Å²) in [5.41, 5.74) is -0.429. The molecule has 1 aliphatic heterocycles. The summed E-state index contributed by atoms with van der Waals surface area (Å²) in [5.74, 6) is -0.851. The Kier molecular flexibility index (Phi) is 3.89. The van der Waals surface area contributed by atoms with Gasteiger partial charge in [0.25, 0.3) is 11.6 Å². The molecule has 1 unspecified atom stereocenters. The predicted molar refractivity (Wildman–Crippen MR) is 71.6 cm³/mol. The molecule has 1 fully saturated rings. The average Bonchev–Trinajstić information content (AvgIpc) is 2.40. The maximum Gasteiger partial charge on any atom is 0.282 e. The van der Waals surface area contributed by atoms with Crippen LogP contribution in [0, 0.1) is 10.1 Å². The fraction of sp³-hybridized carbons (Fsp3) is 0.333. The highest BCUT2D eigenvalue weighted by molar-refractivity contribution is 6.31. The van der Waals surface area contributed by atoms with Crippen LogP contribution in [0.4, 0.5) is 5.69 Å². The van der Waals surface area contributed by atoms with Crippen molar-refractivity contribution in [3.05, 3.63) is 38.9 Å². The minimum Gasteiger partial charge on any atom is -0.353 e. The molecule has 1 aromatic rings. The number of amides is 2. The first-order valence-electron chi connectivity index (χ1n) is 5.94. The van der Waals surface area contributed by atoms with Gasteiger partial charge in [-0.15, -0.1) is 0 Å². The van der Waals surface area contributed by atoms with Gasteiger partial charge in [0.05, 0.1) is 4.92 Å². The molecule has 2 amide bonds. The van der Waals surface area contributed by atoms with Crippen LogP contribution in [0.2, 0.25) is 5.02 Å². The Balaban J connectivity index is 2.40. The highest BCUT2D eigenvalue weighted by atomic mass is 35.5. The van der Waals surface area contributed by atoms with Gasteiger partial charge in [0.1, 0.15) is 11.6 Å². The van der Waals surface area contributed by atoms with E-state index in [4.69, 9.17) is 11.6 Å². The quantitative estimate of drug-likeness (QED) is 0.656. The molecular formula is C12H12ClN3O4. The second kappa shape index (κ2) is 5.46. The number of nitro benzene ring substituents is 1. The van der Waals surface area contributed by atoms with Gasteiger partial charge in [0.15, 0.2) is 0 Å². The van der Waals surface area contributed by atoms with Crippen molar-refractivity contribution in [2.45, 2.75) is 13.0 Å². The van der Waals surface area contributed by atoms with Crippen LogP contribution in [0.1, 0.15) is 17.3 Å². The van der Waals surface area contributed by atoms with Crippen molar-refractivity contribution in [2.75, 3.05) is 13.1 Å². The number of carbonyl (C=O) groups excluding carboxylic acids is 2. The van der Waals surface area contributed by atoms with E-state index in [1.165, 1.54) is 23.1 Å². The molecule has 0 spiro atoms. The van der Waals surface area contributed by atoms with Crippen LogP contribution in [0.3, 0.4) is 0 Å². The maximum atomic E-state index is 12.4. The molecule has 1 atom stereocenters. The average molecular weight is 298 g/mol. The van der Waals surface area contributed by atoms with E-state index in [1.807, 2.05) is 0 Å². The lowest BCUT2D eigenvalue weighted by molar-refractivity contribution is -0.385. The Labute approximate surface area is 119 Å². The molecule has 1 saturated heterocycles. The second-order valence-electron chi connectivity index (χ2n) is 4.38. The lowest BCUT2D eigenvalue weighted by atomic mass is 10.1. The van der Waals surface area contributed by atoms with Crippen molar-refractivity contribution in [3.63, 3.8) is 0 Å². The topological polar surface area (TPSA) is 92.6 Å². The number of piperazine rings is 1. The molecule has 1 N–H and O–H groups in total. The Morgan fingerprint density at radius 2 is 2.25 bits per heavy atom. The van der Waals surface area contributed by atoms with Gasteiger partial charge in [-0.25, -0.2) is 0 Å². The van der Waals surface area contributed by atoms with E-state index in [2.05, 4.69) is 5.32 Å². The minimum absolute atomic E-state index is 0.107. The Bertz CT molecular complexity index is 590. The summed E-state index contributed by atoms with van der Waals surface area (Å²) >= 11 is 5.80. The van der Waals surface area contributed by atoms with E-state index in [9.17, 15) is 19.7 Å². The molecule has 7 nitrogen and oxygen atoms in total. The Morgan fingerprint density at radius 1 is 1.55 bits per heavy atom. The number of rotatable bonds is 2. The molecule has 106 valence electrons. The number of hydrogen-bond donors (Lipinski definition) is 1. The fourth-order valence-electron chi connectivity index (χ4n) is 2.05. The molecule has 1 heterocycles. The molecule has 2 rings (SSSR count). The number of hydrogen-bond acceptors (Lipinski definition) is 4. The molecule has 20 heavy (non-hydrogen) atoms. The summed E-state index contributed by atoms with van der Waals surface area (Å²) < 4.78 is 0. The SMILES string of the molecule is CC1C(=O)NCCN1C(=O)c1cc(Cl)ccc1[N+](=O)[O-]. The van der Waals surface area contributed by atoms with Gasteiger partial charge in [-0.3, -0.25) is 19.7 Å². The lowest BCUT2D eigenvalue weighted by Crippen LogP contribution is -2.55. The van der Waals surface area contributed by atoms with Gasteiger partial charge in [0, 0.05) is 24.2 Å². The third kappa shape index (κ3) is 2.57. The monoisotopic (exact) mass is 297 g/mol. The molecule has 0 saturated carbocycles. The van der Waals surface area contributed by atoms with E-state index < -0.39 is 16.9 Å². The second-order valence-corrected chi connectivity index (χ2v) is 4.82. The van der Waals surface area contributed by atoms with Crippen LogP contribution < -0.4 is 5.32 Å². The standard InChI is InChI=1S/C12H12ClN3O4/c1-7-11(17)14-4-5-15(7)12(18)9-6-8(13)2-3-10(9)16(19)20/h2-3,6-7H,4-5H2,1H3,(H,14,17). The van der Waals surface area contributed by atoms with E-state index in [0.29, 0.717) is 13.1 Å². The minimum atomic E-state index is -0.671. The molecule has 8 heteroatoms. The summed E-state index contributed by atoms with van der Waals surface area (Å²) in [4.78, 5) is 35.6. The zero-order valence-corrected chi connectivity index (χ0v) is 11.4. The Morgan fingerprint density at radius 3 is 2.90 bits per heavy atom. The number of nitro groups is 1. The Hall–Kier alpha value is -2.15. The normalized spacial score (nSPS) is 18.6. The molecule has 1 aromatic carbocycles. The van der Waals surface area contributed by atoms with E-state index >= 15 is 0 Å². The number of benzene rings is 1. The summed E-state index contributed by atoms with van der Waals surface area (Å²) in [7, 11) is 0. The van der Waals surface area contributed by atoms with Crippen molar-refractivity contribution >= 4 is 29.1 Å². The fourth-order valence-corrected chi connectivity index (χ4v) is 2.23. The first-order chi connectivity index (χ1) is 9.41. The van der Waals surface area contributed by atoms with Crippen LogP contribution >= 0.6 is 11.6 Å². The van der Waals surface area contributed by atoms with Gasteiger partial charge >= 0.3 is 0 Å². The van der Waals surface area contributed by atoms with Gasteiger partial charge in [-0.05, 0) is 19.1 Å². The number of nitrogens with zero attached hydrogens (tertiary/aromatic N) is 2. The van der Waals surface area contributed by atoms with E-state index in [-0.39, 0.29) is 22.2 Å². The molecule has 0 bridgehead atoms. The molecule has 0 radical (unpaired) electrons. The first kappa shape index (κ1) is 14.3. The van der Waals surface area contributed by atoms with Crippen molar-refractivity contribution in [1.82, 2.24) is 10.2 Å². The van der Waals surface area contributed by atoms with Crippen LogP contribution in [-0.2, 0) is 4.79 Å². The zero-order valence-electron chi connectivity index (χ0n) is 10.6. The summed E-state index contributed by atoms with van der Waals surface area (Å²) in [6.07, 6.45) is 0. The van der Waals surface area contributed by atoms with Crippen LogP contribution in [0.15, 0.2) is 18.2 Å². The first-order valence-corrected chi connectivity index (χ1v) is 6.32.